The lowest BCUT2D eigenvalue weighted by molar-refractivity contribution is -0.139. The summed E-state index contributed by atoms with van der Waals surface area (Å²) >= 11 is 0. The van der Waals surface area contributed by atoms with Gasteiger partial charge in [0.1, 0.15) is 0 Å². The van der Waals surface area contributed by atoms with Crippen LogP contribution in [0.15, 0.2) is 60.7 Å². The van der Waals surface area contributed by atoms with Gasteiger partial charge in [-0.15, -0.1) is 0 Å². The van der Waals surface area contributed by atoms with Crippen molar-refractivity contribution >= 4 is 5.97 Å². The summed E-state index contributed by atoms with van der Waals surface area (Å²) in [5, 5.41) is 9.32. The van der Waals surface area contributed by atoms with E-state index in [0.29, 0.717) is 26.4 Å². The predicted octanol–water partition coefficient (Wildman–Crippen LogP) is 3.37. The summed E-state index contributed by atoms with van der Waals surface area (Å²) in [6, 6.07) is 19.8. The Bertz CT molecular complexity index is 590. The van der Waals surface area contributed by atoms with E-state index < -0.39 is 5.97 Å². The summed E-state index contributed by atoms with van der Waals surface area (Å²) < 4.78 is 11.4. The second-order valence-electron chi connectivity index (χ2n) is 6.19. The minimum Gasteiger partial charge on any atom is -0.481 e. The van der Waals surface area contributed by atoms with E-state index >= 15 is 0 Å². The molecule has 2 aromatic rings. The van der Waals surface area contributed by atoms with Crippen molar-refractivity contribution < 1.29 is 19.4 Å². The summed E-state index contributed by atoms with van der Waals surface area (Å²) in [5.74, 6) is -1.02. The molecule has 1 unspecified atom stereocenters. The third-order valence-electron chi connectivity index (χ3n) is 4.46. The molecule has 126 valence electrons. The monoisotopic (exact) mass is 326 g/mol. The summed E-state index contributed by atoms with van der Waals surface area (Å²) in [4.78, 5) is 11.3. The van der Waals surface area contributed by atoms with Crippen LogP contribution in [0.4, 0.5) is 0 Å². The van der Waals surface area contributed by atoms with Crippen molar-refractivity contribution in [2.45, 2.75) is 13.2 Å². The Labute approximate surface area is 142 Å². The predicted molar refractivity (Wildman–Crippen MR) is 90.3 cm³/mol. The smallest absolute Gasteiger partial charge is 0.307 e. The average molecular weight is 326 g/mol. The number of hydrogen-bond donors (Lipinski definition) is 1. The zero-order valence-electron chi connectivity index (χ0n) is 13.5. The summed E-state index contributed by atoms with van der Waals surface area (Å²) in [5.41, 5.74) is 2.20. The van der Waals surface area contributed by atoms with E-state index in [0.717, 1.165) is 11.1 Å². The third kappa shape index (κ3) is 4.43. The van der Waals surface area contributed by atoms with Gasteiger partial charge in [0.2, 0.25) is 0 Å². The highest BCUT2D eigenvalue weighted by molar-refractivity contribution is 5.74. The van der Waals surface area contributed by atoms with Crippen molar-refractivity contribution in [1.82, 2.24) is 0 Å². The maximum Gasteiger partial charge on any atom is 0.307 e. The molecule has 4 heteroatoms. The van der Waals surface area contributed by atoms with Gasteiger partial charge in [0.25, 0.3) is 0 Å². The van der Waals surface area contributed by atoms with Gasteiger partial charge in [0.15, 0.2) is 0 Å². The van der Waals surface area contributed by atoms with Crippen LogP contribution in [-0.2, 0) is 27.5 Å². The molecular weight excluding hydrogens is 304 g/mol. The molecule has 0 heterocycles. The molecule has 24 heavy (non-hydrogen) atoms. The molecule has 2 aromatic carbocycles. The van der Waals surface area contributed by atoms with Gasteiger partial charge in [-0.05, 0) is 11.1 Å². The molecule has 0 aromatic heterocycles. The fourth-order valence-electron chi connectivity index (χ4n) is 3.04. The van der Waals surface area contributed by atoms with Crippen LogP contribution in [-0.4, -0.2) is 24.3 Å². The second-order valence-corrected chi connectivity index (χ2v) is 6.19. The first-order valence-corrected chi connectivity index (χ1v) is 8.22. The van der Waals surface area contributed by atoms with E-state index in [1.807, 2.05) is 60.7 Å². The van der Waals surface area contributed by atoms with E-state index in [-0.39, 0.29) is 17.8 Å². The maximum atomic E-state index is 11.3. The minimum absolute atomic E-state index is 0.0435. The summed E-state index contributed by atoms with van der Waals surface area (Å²) in [6.45, 7) is 1.96. The van der Waals surface area contributed by atoms with Gasteiger partial charge < -0.3 is 14.6 Å². The number of carboxylic acids is 1. The lowest BCUT2D eigenvalue weighted by Crippen LogP contribution is -2.04. The molecule has 4 nitrogen and oxygen atoms in total. The maximum absolute atomic E-state index is 11.3. The highest BCUT2D eigenvalue weighted by atomic mass is 16.5. The van der Waals surface area contributed by atoms with Crippen LogP contribution >= 0.6 is 0 Å². The third-order valence-corrected chi connectivity index (χ3v) is 4.46. The van der Waals surface area contributed by atoms with Crippen LogP contribution in [0.3, 0.4) is 0 Å². The van der Waals surface area contributed by atoms with E-state index in [2.05, 4.69) is 0 Å². The summed E-state index contributed by atoms with van der Waals surface area (Å²) in [6.07, 6.45) is 0. The number of rotatable bonds is 9. The quantitative estimate of drug-likeness (QED) is 0.767. The molecule has 0 aliphatic heterocycles. The molecule has 0 amide bonds. The minimum atomic E-state index is -0.753. The lowest BCUT2D eigenvalue weighted by Gasteiger charge is -2.05. The van der Waals surface area contributed by atoms with Crippen LogP contribution in [0.1, 0.15) is 11.1 Å². The van der Waals surface area contributed by atoms with E-state index in [9.17, 15) is 9.90 Å². The van der Waals surface area contributed by atoms with Gasteiger partial charge in [-0.2, -0.15) is 0 Å². The Kier molecular flexibility index (Phi) is 5.62. The van der Waals surface area contributed by atoms with E-state index in [1.165, 1.54) is 0 Å². The van der Waals surface area contributed by atoms with Gasteiger partial charge in [-0.1, -0.05) is 60.7 Å². The number of ether oxygens (including phenoxy) is 2. The van der Waals surface area contributed by atoms with Crippen LogP contribution in [0.5, 0.6) is 0 Å². The first-order valence-electron chi connectivity index (χ1n) is 8.22. The molecule has 0 saturated heterocycles. The zero-order valence-corrected chi connectivity index (χ0v) is 13.5. The molecular formula is C20H22O4. The van der Waals surface area contributed by atoms with Gasteiger partial charge >= 0.3 is 5.97 Å². The van der Waals surface area contributed by atoms with Gasteiger partial charge in [0.05, 0.1) is 32.3 Å². The van der Waals surface area contributed by atoms with E-state index in [1.54, 1.807) is 0 Å². The lowest BCUT2D eigenvalue weighted by atomic mass is 10.2. The molecule has 0 spiro atoms. The van der Waals surface area contributed by atoms with Crippen molar-refractivity contribution in [2.24, 2.45) is 17.8 Å². The Balaban J connectivity index is 1.42. The van der Waals surface area contributed by atoms with Gasteiger partial charge in [-0.3, -0.25) is 4.79 Å². The van der Waals surface area contributed by atoms with Crippen molar-refractivity contribution in [3.63, 3.8) is 0 Å². The largest absolute Gasteiger partial charge is 0.481 e. The topological polar surface area (TPSA) is 55.8 Å². The number of benzene rings is 2. The Morgan fingerprint density at radius 1 is 0.792 bits per heavy atom. The average Bonchev–Trinajstić information content (AvgIpc) is 3.30. The SMILES string of the molecule is O=C(O)C1[C@@H](COCc2ccccc2)[C@H]1COCc1ccccc1. The standard InChI is InChI=1S/C20H22O4/c21-20(22)19-17(13-23-11-15-7-3-1-4-8-15)18(19)14-24-12-16-9-5-2-6-10-16/h1-10,17-19H,11-14H2,(H,21,22)/t17-,18+,19?. The van der Waals surface area contributed by atoms with Crippen molar-refractivity contribution in [3.8, 4) is 0 Å². The van der Waals surface area contributed by atoms with Crippen molar-refractivity contribution in [3.05, 3.63) is 71.8 Å². The van der Waals surface area contributed by atoms with Crippen LogP contribution < -0.4 is 0 Å². The number of hydrogen-bond acceptors (Lipinski definition) is 3. The zero-order chi connectivity index (χ0) is 16.8. The molecule has 1 aliphatic carbocycles. The van der Waals surface area contributed by atoms with E-state index in [4.69, 9.17) is 9.47 Å². The number of aliphatic carboxylic acids is 1. The van der Waals surface area contributed by atoms with Crippen LogP contribution in [0.2, 0.25) is 0 Å². The molecule has 1 fully saturated rings. The highest BCUT2D eigenvalue weighted by Crippen LogP contribution is 2.47. The molecule has 0 bridgehead atoms. The molecule has 1 N–H and O–H groups in total. The van der Waals surface area contributed by atoms with Gasteiger partial charge in [-0.25, -0.2) is 0 Å². The fourth-order valence-corrected chi connectivity index (χ4v) is 3.04. The van der Waals surface area contributed by atoms with Crippen LogP contribution in [0.25, 0.3) is 0 Å². The fraction of sp³-hybridized carbons (Fsp3) is 0.350. The Morgan fingerprint density at radius 3 is 1.58 bits per heavy atom. The summed E-state index contributed by atoms with van der Waals surface area (Å²) in [7, 11) is 0. The Hall–Kier alpha value is -2.17. The number of carboxylic acid groups (broad SMARTS) is 1. The van der Waals surface area contributed by atoms with Crippen molar-refractivity contribution in [1.29, 1.82) is 0 Å². The molecule has 1 saturated carbocycles. The highest BCUT2D eigenvalue weighted by Gasteiger charge is 2.55. The Morgan fingerprint density at radius 2 is 1.21 bits per heavy atom. The molecule has 1 aliphatic rings. The second kappa shape index (κ2) is 8.08. The van der Waals surface area contributed by atoms with Crippen LogP contribution in [0, 0.1) is 17.8 Å². The first-order chi connectivity index (χ1) is 11.8. The molecule has 0 radical (unpaired) electrons. The van der Waals surface area contributed by atoms with Gasteiger partial charge in [0, 0.05) is 11.8 Å². The normalized spacial score (nSPS) is 22.2. The van der Waals surface area contributed by atoms with Crippen molar-refractivity contribution in [2.75, 3.05) is 13.2 Å². The molecule has 3 atom stereocenters. The number of carbonyl (C=O) groups is 1. The first kappa shape index (κ1) is 16.7. The molecule has 3 rings (SSSR count).